The lowest BCUT2D eigenvalue weighted by Crippen LogP contribution is -2.41. The van der Waals surface area contributed by atoms with Crippen LogP contribution in [0.4, 0.5) is 0 Å². The number of benzene rings is 1. The molecule has 122 valence electrons. The summed E-state index contributed by atoms with van der Waals surface area (Å²) in [5, 5.41) is 6.50. The molecule has 0 aromatic heterocycles. The predicted molar refractivity (Wildman–Crippen MR) is 93.8 cm³/mol. The molecule has 1 aliphatic heterocycles. The van der Waals surface area contributed by atoms with E-state index in [4.69, 9.17) is 0 Å². The predicted octanol–water partition coefficient (Wildman–Crippen LogP) is 2.70. The molecule has 2 atom stereocenters. The molecule has 0 spiro atoms. The number of nitrogens with zero attached hydrogens (tertiary/aromatic N) is 1. The summed E-state index contributed by atoms with van der Waals surface area (Å²) in [4.78, 5) is 14.4. The van der Waals surface area contributed by atoms with Crippen molar-refractivity contribution in [3.8, 4) is 0 Å². The number of nitrogens with one attached hydrogen (secondary N) is 2. The maximum Gasteiger partial charge on any atom is 0.234 e. The minimum atomic E-state index is 0.0322. The largest absolute Gasteiger partial charge is 0.348 e. The van der Waals surface area contributed by atoms with Crippen molar-refractivity contribution in [1.29, 1.82) is 0 Å². The Morgan fingerprint density at radius 3 is 2.82 bits per heavy atom. The third-order valence-corrected chi connectivity index (χ3v) is 4.84. The number of amides is 1. The van der Waals surface area contributed by atoms with Crippen LogP contribution in [0, 0.1) is 0 Å². The molecule has 1 aromatic carbocycles. The molecule has 1 amide bonds. The lowest BCUT2D eigenvalue weighted by Gasteiger charge is -2.27. The van der Waals surface area contributed by atoms with Crippen LogP contribution in [0.3, 0.4) is 0 Å². The van der Waals surface area contributed by atoms with Gasteiger partial charge in [-0.1, -0.05) is 28.1 Å². The van der Waals surface area contributed by atoms with Gasteiger partial charge in [-0.3, -0.25) is 9.69 Å². The second-order valence-electron chi connectivity index (χ2n) is 6.09. The molecular weight excluding hydrogens is 342 g/mol. The molecule has 22 heavy (non-hydrogen) atoms. The quantitative estimate of drug-likeness (QED) is 0.840. The number of hydrogen-bond acceptors (Lipinski definition) is 3. The van der Waals surface area contributed by atoms with Crippen LogP contribution in [-0.4, -0.2) is 43.5 Å². The molecular formula is C17H26BrN3O. The number of hydrogen-bond donors (Lipinski definition) is 2. The first-order valence-corrected chi connectivity index (χ1v) is 8.81. The average molecular weight is 368 g/mol. The van der Waals surface area contributed by atoms with Gasteiger partial charge in [0, 0.05) is 10.5 Å². The van der Waals surface area contributed by atoms with Crippen LogP contribution in [0.2, 0.25) is 0 Å². The Kier molecular flexibility index (Phi) is 6.86. The smallest absolute Gasteiger partial charge is 0.234 e. The number of halogens is 1. The van der Waals surface area contributed by atoms with Crippen molar-refractivity contribution in [2.45, 2.75) is 38.3 Å². The molecule has 1 fully saturated rings. The lowest BCUT2D eigenvalue weighted by molar-refractivity contribution is -0.123. The molecule has 1 aromatic rings. The van der Waals surface area contributed by atoms with E-state index in [1.807, 2.05) is 31.2 Å². The van der Waals surface area contributed by atoms with E-state index in [0.717, 1.165) is 29.5 Å². The second-order valence-corrected chi connectivity index (χ2v) is 7.01. The molecule has 2 N–H and O–H groups in total. The van der Waals surface area contributed by atoms with Crippen molar-refractivity contribution in [2.24, 2.45) is 0 Å². The molecule has 2 unspecified atom stereocenters. The second kappa shape index (κ2) is 8.65. The van der Waals surface area contributed by atoms with Gasteiger partial charge in [0.05, 0.1) is 12.6 Å². The molecule has 0 saturated carbocycles. The summed E-state index contributed by atoms with van der Waals surface area (Å²) in [6.07, 6.45) is 3.47. The third kappa shape index (κ3) is 5.38. The summed E-state index contributed by atoms with van der Waals surface area (Å²) in [5.41, 5.74) is 1.12. The highest BCUT2D eigenvalue weighted by atomic mass is 79.9. The van der Waals surface area contributed by atoms with E-state index in [2.05, 4.69) is 38.5 Å². The molecule has 1 saturated heterocycles. The zero-order valence-electron chi connectivity index (χ0n) is 13.4. The Balaban J connectivity index is 1.82. The molecule has 1 aliphatic rings. The van der Waals surface area contributed by atoms with Crippen molar-refractivity contribution in [2.75, 3.05) is 26.7 Å². The van der Waals surface area contributed by atoms with E-state index >= 15 is 0 Å². The van der Waals surface area contributed by atoms with E-state index in [1.165, 1.54) is 12.8 Å². The van der Waals surface area contributed by atoms with Gasteiger partial charge in [0.1, 0.15) is 0 Å². The van der Waals surface area contributed by atoms with Gasteiger partial charge in [-0.2, -0.15) is 0 Å². The Labute approximate surface area is 141 Å². The van der Waals surface area contributed by atoms with Crippen molar-refractivity contribution in [3.05, 3.63) is 34.3 Å². The van der Waals surface area contributed by atoms with Crippen LogP contribution in [0.15, 0.2) is 28.7 Å². The highest BCUT2D eigenvalue weighted by Crippen LogP contribution is 2.17. The van der Waals surface area contributed by atoms with E-state index in [-0.39, 0.29) is 11.9 Å². The third-order valence-electron chi connectivity index (χ3n) is 4.31. The van der Waals surface area contributed by atoms with Crippen LogP contribution < -0.4 is 10.6 Å². The first kappa shape index (κ1) is 17.4. The van der Waals surface area contributed by atoms with Gasteiger partial charge in [0.15, 0.2) is 0 Å². The highest BCUT2D eigenvalue weighted by molar-refractivity contribution is 9.10. The SMILES string of the molecule is CC(NC(=O)CN(C)C1CCCNCC1)c1ccc(Br)cc1. The van der Waals surface area contributed by atoms with E-state index in [1.54, 1.807) is 0 Å². The zero-order valence-corrected chi connectivity index (χ0v) is 15.0. The summed E-state index contributed by atoms with van der Waals surface area (Å²) >= 11 is 3.43. The van der Waals surface area contributed by atoms with Gasteiger partial charge in [0.25, 0.3) is 0 Å². The number of rotatable bonds is 5. The van der Waals surface area contributed by atoms with Gasteiger partial charge >= 0.3 is 0 Å². The van der Waals surface area contributed by atoms with Crippen LogP contribution in [0.1, 0.15) is 37.8 Å². The summed E-state index contributed by atoms with van der Waals surface area (Å²) < 4.78 is 1.05. The molecule has 0 bridgehead atoms. The van der Waals surface area contributed by atoms with Crippen LogP contribution in [0.25, 0.3) is 0 Å². The molecule has 2 rings (SSSR count). The average Bonchev–Trinajstić information content (AvgIpc) is 2.76. The number of carbonyl (C=O) groups is 1. The fourth-order valence-corrected chi connectivity index (χ4v) is 3.18. The highest BCUT2D eigenvalue weighted by Gasteiger charge is 2.19. The Hall–Kier alpha value is -0.910. The van der Waals surface area contributed by atoms with Crippen molar-refractivity contribution in [3.63, 3.8) is 0 Å². The minimum Gasteiger partial charge on any atom is -0.348 e. The summed E-state index contributed by atoms with van der Waals surface area (Å²) in [5.74, 6) is 0.0927. The molecule has 0 aliphatic carbocycles. The number of likely N-dealkylation sites (N-methyl/N-ethyl adjacent to an activating group) is 1. The fourth-order valence-electron chi connectivity index (χ4n) is 2.92. The molecule has 1 heterocycles. The maximum atomic E-state index is 12.3. The Morgan fingerprint density at radius 2 is 2.09 bits per heavy atom. The normalized spacial score (nSPS) is 20.5. The van der Waals surface area contributed by atoms with Gasteiger partial charge in [0.2, 0.25) is 5.91 Å². The summed E-state index contributed by atoms with van der Waals surface area (Å²) in [6, 6.07) is 8.62. The maximum absolute atomic E-state index is 12.3. The molecule has 0 radical (unpaired) electrons. The fraction of sp³-hybridized carbons (Fsp3) is 0.588. The summed E-state index contributed by atoms with van der Waals surface area (Å²) in [7, 11) is 2.06. The summed E-state index contributed by atoms with van der Waals surface area (Å²) in [6.45, 7) is 4.63. The number of carbonyl (C=O) groups excluding carboxylic acids is 1. The van der Waals surface area contributed by atoms with E-state index in [9.17, 15) is 4.79 Å². The van der Waals surface area contributed by atoms with Gasteiger partial charge in [-0.25, -0.2) is 0 Å². The van der Waals surface area contributed by atoms with Gasteiger partial charge in [-0.15, -0.1) is 0 Å². The van der Waals surface area contributed by atoms with E-state index in [0.29, 0.717) is 12.6 Å². The monoisotopic (exact) mass is 367 g/mol. The minimum absolute atomic E-state index is 0.0322. The van der Waals surface area contributed by atoms with Gasteiger partial charge < -0.3 is 10.6 Å². The topological polar surface area (TPSA) is 44.4 Å². The van der Waals surface area contributed by atoms with Crippen LogP contribution in [0.5, 0.6) is 0 Å². The Morgan fingerprint density at radius 1 is 1.36 bits per heavy atom. The van der Waals surface area contributed by atoms with Crippen molar-refractivity contribution in [1.82, 2.24) is 15.5 Å². The molecule has 5 heteroatoms. The van der Waals surface area contributed by atoms with Crippen LogP contribution in [-0.2, 0) is 4.79 Å². The Bertz CT molecular complexity index is 469. The standard InChI is InChI=1S/C17H26BrN3O/c1-13(14-5-7-15(18)8-6-14)20-17(22)12-21(2)16-4-3-10-19-11-9-16/h5-8,13,16,19H,3-4,9-12H2,1-2H3,(H,20,22). The molecule has 4 nitrogen and oxygen atoms in total. The zero-order chi connectivity index (χ0) is 15.9. The first-order chi connectivity index (χ1) is 10.6. The van der Waals surface area contributed by atoms with Crippen molar-refractivity contribution >= 4 is 21.8 Å². The van der Waals surface area contributed by atoms with Gasteiger partial charge in [-0.05, 0) is 64.0 Å². The lowest BCUT2D eigenvalue weighted by atomic mass is 10.1. The first-order valence-electron chi connectivity index (χ1n) is 8.02. The van der Waals surface area contributed by atoms with Crippen molar-refractivity contribution < 1.29 is 4.79 Å². The van der Waals surface area contributed by atoms with Crippen LogP contribution >= 0.6 is 15.9 Å². The van der Waals surface area contributed by atoms with E-state index < -0.39 is 0 Å².